The van der Waals surface area contributed by atoms with E-state index in [1.165, 1.54) is 15.4 Å². The molecule has 0 spiro atoms. The topological polar surface area (TPSA) is 77.2 Å². The summed E-state index contributed by atoms with van der Waals surface area (Å²) in [6.45, 7) is 2.95. The Hall–Kier alpha value is -2.83. The number of nitrogens with two attached hydrogens (primary N) is 1. The highest BCUT2D eigenvalue weighted by Gasteiger charge is 2.11. The summed E-state index contributed by atoms with van der Waals surface area (Å²) in [4.78, 5) is 19.1. The number of aromatic nitrogens is 1. The van der Waals surface area contributed by atoms with Gasteiger partial charge in [0.15, 0.2) is 0 Å². The number of pyridine rings is 1. The van der Waals surface area contributed by atoms with Crippen molar-refractivity contribution in [3.05, 3.63) is 83.0 Å². The number of methoxy groups -OCH3 is 1. The molecule has 0 unspecified atom stereocenters. The Labute approximate surface area is 175 Å². The van der Waals surface area contributed by atoms with Gasteiger partial charge in [0, 0.05) is 23.4 Å². The third-order valence-corrected chi connectivity index (χ3v) is 5.60. The first kappa shape index (κ1) is 20.9. The second-order valence-electron chi connectivity index (χ2n) is 6.56. The minimum absolute atomic E-state index is 0.207. The fourth-order valence-electron chi connectivity index (χ4n) is 2.91. The Bertz CT molecular complexity index is 974. The minimum atomic E-state index is -0.241. The minimum Gasteiger partial charge on any atom is -0.383 e. The van der Waals surface area contributed by atoms with Crippen LogP contribution in [0.3, 0.4) is 0 Å². The predicted molar refractivity (Wildman–Crippen MR) is 117 cm³/mol. The Balaban J connectivity index is 1.59. The number of carbonyl (C=O) groups excluding carboxylic acids is 1. The molecule has 1 amide bonds. The smallest absolute Gasteiger partial charge is 0.255 e. The van der Waals surface area contributed by atoms with Crippen LogP contribution < -0.4 is 11.1 Å². The summed E-state index contributed by atoms with van der Waals surface area (Å²) in [6, 6.07) is 20.1. The molecule has 1 aromatic heterocycles. The fourth-order valence-corrected chi connectivity index (χ4v) is 3.93. The standard InChI is InChI=1S/C23H25N3O2S/c1-3-17-6-4-5-7-21(17)29-19-11-8-16(9-12-19)14-25-23(27)20-13-10-18(15-28-2)26-22(20)24/h4-13H,3,14-15H2,1-2H3,(H2,24,26)(H,25,27). The summed E-state index contributed by atoms with van der Waals surface area (Å²) in [7, 11) is 1.59. The molecule has 0 bridgehead atoms. The second kappa shape index (κ2) is 10.1. The van der Waals surface area contributed by atoms with E-state index in [0.29, 0.717) is 24.4 Å². The van der Waals surface area contributed by atoms with Gasteiger partial charge in [-0.05, 0) is 47.9 Å². The summed E-state index contributed by atoms with van der Waals surface area (Å²) in [5.74, 6) is -0.0346. The Morgan fingerprint density at radius 3 is 2.55 bits per heavy atom. The maximum absolute atomic E-state index is 12.4. The molecular weight excluding hydrogens is 382 g/mol. The average Bonchev–Trinajstić information content (AvgIpc) is 2.74. The molecule has 0 atom stereocenters. The molecule has 0 saturated carbocycles. The summed E-state index contributed by atoms with van der Waals surface area (Å²) < 4.78 is 5.03. The number of carbonyl (C=O) groups is 1. The summed E-state index contributed by atoms with van der Waals surface area (Å²) in [5.41, 5.74) is 9.34. The predicted octanol–water partition coefficient (Wildman–Crippen LogP) is 4.45. The molecule has 0 saturated heterocycles. The first-order valence-electron chi connectivity index (χ1n) is 9.48. The molecule has 5 nitrogen and oxygen atoms in total. The fraction of sp³-hybridized carbons (Fsp3) is 0.217. The van der Waals surface area contributed by atoms with E-state index in [1.54, 1.807) is 31.0 Å². The number of rotatable bonds is 8. The molecule has 1 heterocycles. The molecule has 3 aromatic rings. The quantitative estimate of drug-likeness (QED) is 0.577. The first-order valence-corrected chi connectivity index (χ1v) is 10.3. The van der Waals surface area contributed by atoms with Crippen molar-refractivity contribution in [3.8, 4) is 0 Å². The van der Waals surface area contributed by atoms with Crippen LogP contribution in [-0.4, -0.2) is 18.0 Å². The number of nitrogen functional groups attached to an aromatic ring is 1. The molecule has 29 heavy (non-hydrogen) atoms. The molecule has 0 radical (unpaired) electrons. The molecule has 150 valence electrons. The van der Waals surface area contributed by atoms with Crippen molar-refractivity contribution in [1.82, 2.24) is 10.3 Å². The lowest BCUT2D eigenvalue weighted by molar-refractivity contribution is 0.0951. The van der Waals surface area contributed by atoms with Crippen molar-refractivity contribution in [3.63, 3.8) is 0 Å². The lowest BCUT2D eigenvalue weighted by Gasteiger charge is -2.10. The third-order valence-electron chi connectivity index (χ3n) is 4.48. The number of amides is 1. The Morgan fingerprint density at radius 1 is 1.10 bits per heavy atom. The van der Waals surface area contributed by atoms with Crippen LogP contribution >= 0.6 is 11.8 Å². The normalized spacial score (nSPS) is 10.7. The van der Waals surface area contributed by atoms with Gasteiger partial charge < -0.3 is 15.8 Å². The van der Waals surface area contributed by atoms with Crippen LogP contribution in [0.2, 0.25) is 0 Å². The highest BCUT2D eigenvalue weighted by molar-refractivity contribution is 7.99. The highest BCUT2D eigenvalue weighted by Crippen LogP contribution is 2.30. The third kappa shape index (κ3) is 5.59. The van der Waals surface area contributed by atoms with Crippen molar-refractivity contribution < 1.29 is 9.53 Å². The first-order chi connectivity index (χ1) is 14.1. The molecule has 6 heteroatoms. The van der Waals surface area contributed by atoms with Gasteiger partial charge in [-0.25, -0.2) is 4.98 Å². The van der Waals surface area contributed by atoms with Gasteiger partial charge in [-0.15, -0.1) is 0 Å². The molecule has 0 fully saturated rings. The van der Waals surface area contributed by atoms with Crippen LogP contribution in [0.5, 0.6) is 0 Å². The van der Waals surface area contributed by atoms with E-state index in [4.69, 9.17) is 10.5 Å². The lowest BCUT2D eigenvalue weighted by Crippen LogP contribution is -2.24. The van der Waals surface area contributed by atoms with Crippen LogP contribution in [-0.2, 0) is 24.3 Å². The number of anilines is 1. The van der Waals surface area contributed by atoms with E-state index >= 15 is 0 Å². The number of aryl methyl sites for hydroxylation is 1. The van der Waals surface area contributed by atoms with E-state index in [2.05, 4.69) is 53.6 Å². The van der Waals surface area contributed by atoms with Crippen molar-refractivity contribution in [2.24, 2.45) is 0 Å². The van der Waals surface area contributed by atoms with Crippen molar-refractivity contribution in [2.75, 3.05) is 12.8 Å². The van der Waals surface area contributed by atoms with Gasteiger partial charge in [-0.1, -0.05) is 49.0 Å². The van der Waals surface area contributed by atoms with Gasteiger partial charge in [-0.3, -0.25) is 4.79 Å². The van der Waals surface area contributed by atoms with Gasteiger partial charge in [0.05, 0.1) is 17.9 Å². The summed E-state index contributed by atoms with van der Waals surface area (Å²) in [6.07, 6.45) is 1.01. The number of hydrogen-bond donors (Lipinski definition) is 2. The number of nitrogens with one attached hydrogen (secondary N) is 1. The average molecular weight is 408 g/mol. The van der Waals surface area contributed by atoms with Gasteiger partial charge in [0.1, 0.15) is 5.82 Å². The Morgan fingerprint density at radius 2 is 1.86 bits per heavy atom. The summed E-state index contributed by atoms with van der Waals surface area (Å²) >= 11 is 1.75. The lowest BCUT2D eigenvalue weighted by atomic mass is 10.2. The number of ether oxygens (including phenoxy) is 1. The molecule has 0 aliphatic heterocycles. The monoisotopic (exact) mass is 407 g/mol. The molecule has 3 rings (SSSR count). The largest absolute Gasteiger partial charge is 0.383 e. The zero-order chi connectivity index (χ0) is 20.6. The molecule has 2 aromatic carbocycles. The molecular formula is C23H25N3O2S. The van der Waals surface area contributed by atoms with Crippen molar-refractivity contribution >= 4 is 23.5 Å². The zero-order valence-electron chi connectivity index (χ0n) is 16.6. The van der Waals surface area contributed by atoms with Gasteiger partial charge in [0.25, 0.3) is 5.91 Å². The molecule has 0 aliphatic carbocycles. The van der Waals surface area contributed by atoms with Crippen LogP contribution in [0.1, 0.15) is 34.1 Å². The SMILES string of the molecule is CCc1ccccc1Sc1ccc(CNC(=O)c2ccc(COC)nc2N)cc1. The van der Waals surface area contributed by atoms with Crippen LogP contribution in [0.15, 0.2) is 70.5 Å². The van der Waals surface area contributed by atoms with E-state index in [-0.39, 0.29) is 11.7 Å². The highest BCUT2D eigenvalue weighted by atomic mass is 32.2. The van der Waals surface area contributed by atoms with Crippen LogP contribution in [0, 0.1) is 0 Å². The number of hydrogen-bond acceptors (Lipinski definition) is 5. The van der Waals surface area contributed by atoms with E-state index in [0.717, 1.165) is 12.0 Å². The van der Waals surface area contributed by atoms with Crippen LogP contribution in [0.25, 0.3) is 0 Å². The molecule has 0 aliphatic rings. The second-order valence-corrected chi connectivity index (χ2v) is 7.67. The van der Waals surface area contributed by atoms with Gasteiger partial charge in [-0.2, -0.15) is 0 Å². The summed E-state index contributed by atoms with van der Waals surface area (Å²) in [5, 5.41) is 2.90. The van der Waals surface area contributed by atoms with Gasteiger partial charge >= 0.3 is 0 Å². The van der Waals surface area contributed by atoms with E-state index in [9.17, 15) is 4.79 Å². The maximum atomic E-state index is 12.4. The van der Waals surface area contributed by atoms with E-state index < -0.39 is 0 Å². The molecule has 3 N–H and O–H groups in total. The van der Waals surface area contributed by atoms with Gasteiger partial charge in [0.2, 0.25) is 0 Å². The Kier molecular flexibility index (Phi) is 7.27. The van der Waals surface area contributed by atoms with Crippen molar-refractivity contribution in [1.29, 1.82) is 0 Å². The van der Waals surface area contributed by atoms with Crippen molar-refractivity contribution in [2.45, 2.75) is 36.3 Å². The zero-order valence-corrected chi connectivity index (χ0v) is 17.5. The van der Waals surface area contributed by atoms with Crippen LogP contribution in [0.4, 0.5) is 5.82 Å². The van der Waals surface area contributed by atoms with E-state index in [1.807, 2.05) is 12.1 Å². The number of nitrogens with zero attached hydrogens (tertiary/aromatic N) is 1. The number of benzene rings is 2. The maximum Gasteiger partial charge on any atom is 0.255 e.